The zero-order chi connectivity index (χ0) is 18.7. The van der Waals surface area contributed by atoms with Crippen molar-refractivity contribution < 1.29 is 25.6 Å². The highest BCUT2D eigenvalue weighted by Gasteiger charge is 2.33. The van der Waals surface area contributed by atoms with Crippen molar-refractivity contribution in [3.8, 4) is 5.75 Å². The first-order chi connectivity index (χ1) is 12.3. The maximum absolute atomic E-state index is 12.6. The van der Waals surface area contributed by atoms with Crippen molar-refractivity contribution in [1.29, 1.82) is 0 Å². The Kier molecular flexibility index (Phi) is 9.03. The van der Waals surface area contributed by atoms with Crippen LogP contribution in [0.2, 0.25) is 0 Å². The van der Waals surface area contributed by atoms with Crippen LogP contribution in [0.5, 0.6) is 5.75 Å². The molecule has 0 N–H and O–H groups in total. The quantitative estimate of drug-likeness (QED) is 0.377. The summed E-state index contributed by atoms with van der Waals surface area (Å²) in [5.41, 5.74) is -0.736. The molecule has 1 aromatic carbocycles. The van der Waals surface area contributed by atoms with Gasteiger partial charge >= 0.3 is 12.1 Å². The van der Waals surface area contributed by atoms with Gasteiger partial charge in [0.1, 0.15) is 5.75 Å². The lowest BCUT2D eigenvalue weighted by Gasteiger charge is -2.36. The second-order valence-corrected chi connectivity index (χ2v) is 8.07. The molecule has 0 spiro atoms. The molecule has 0 saturated heterocycles. The first-order valence-electron chi connectivity index (χ1n) is 9.72. The SMILES string of the molecule is C.C.CC1CCC(C2CCC(C(=O)Oc3ccc(C(F)(F)F)cc3)CC2)CC1.[HH].[HH]. The van der Waals surface area contributed by atoms with Crippen LogP contribution in [0.3, 0.4) is 0 Å². The molecule has 28 heavy (non-hydrogen) atoms. The largest absolute Gasteiger partial charge is 0.426 e. The van der Waals surface area contributed by atoms with Crippen molar-refractivity contribution in [3.05, 3.63) is 29.8 Å². The van der Waals surface area contributed by atoms with Gasteiger partial charge in [0.15, 0.2) is 0 Å². The van der Waals surface area contributed by atoms with E-state index in [0.717, 1.165) is 55.6 Å². The molecule has 0 heterocycles. The Balaban J connectivity index is 0. The Morgan fingerprint density at radius 3 is 1.82 bits per heavy atom. The number of alkyl halides is 3. The van der Waals surface area contributed by atoms with Crippen LogP contribution in [0.15, 0.2) is 24.3 Å². The average Bonchev–Trinajstić information content (AvgIpc) is 2.62. The molecule has 2 aliphatic rings. The van der Waals surface area contributed by atoms with Gasteiger partial charge in [-0.05, 0) is 80.5 Å². The van der Waals surface area contributed by atoms with E-state index in [2.05, 4.69) is 6.92 Å². The minimum absolute atomic E-state index is 0. The third-order valence-corrected chi connectivity index (χ3v) is 6.23. The minimum atomic E-state index is -4.38. The number of carbonyl (C=O) groups excluding carboxylic acids is 1. The van der Waals surface area contributed by atoms with Crippen LogP contribution in [0.4, 0.5) is 13.2 Å². The van der Waals surface area contributed by atoms with Gasteiger partial charge in [0, 0.05) is 2.85 Å². The number of hydrogen-bond acceptors (Lipinski definition) is 2. The van der Waals surface area contributed by atoms with Crippen LogP contribution in [-0.4, -0.2) is 5.97 Å². The predicted octanol–water partition coefficient (Wildman–Crippen LogP) is 8.01. The van der Waals surface area contributed by atoms with Gasteiger partial charge in [-0.15, -0.1) is 0 Å². The Morgan fingerprint density at radius 1 is 0.893 bits per heavy atom. The van der Waals surface area contributed by atoms with Crippen LogP contribution >= 0.6 is 0 Å². The molecule has 2 saturated carbocycles. The van der Waals surface area contributed by atoms with Gasteiger partial charge in [-0.1, -0.05) is 34.6 Å². The van der Waals surface area contributed by atoms with Gasteiger partial charge in [0.2, 0.25) is 0 Å². The molecule has 2 fully saturated rings. The molecule has 0 unspecified atom stereocenters. The molecule has 164 valence electrons. The molecule has 0 atom stereocenters. The Morgan fingerprint density at radius 2 is 1.36 bits per heavy atom. The smallest absolute Gasteiger partial charge is 0.416 e. The van der Waals surface area contributed by atoms with Crippen LogP contribution in [0, 0.1) is 23.7 Å². The van der Waals surface area contributed by atoms with Crippen molar-refractivity contribution in [2.75, 3.05) is 0 Å². The zero-order valence-electron chi connectivity index (χ0n) is 15.2. The third kappa shape index (κ3) is 6.25. The molecular formula is C23H39F3O2. The van der Waals surface area contributed by atoms with E-state index in [1.165, 1.54) is 37.8 Å². The molecule has 0 radical (unpaired) electrons. The summed E-state index contributed by atoms with van der Waals surface area (Å²) in [6.07, 6.45) is 4.67. The molecule has 5 heteroatoms. The maximum Gasteiger partial charge on any atom is 0.416 e. The number of benzene rings is 1. The molecular weight excluding hydrogens is 365 g/mol. The summed E-state index contributed by atoms with van der Waals surface area (Å²) in [5, 5.41) is 0. The topological polar surface area (TPSA) is 26.3 Å². The average molecular weight is 405 g/mol. The van der Waals surface area contributed by atoms with E-state index in [4.69, 9.17) is 4.74 Å². The summed E-state index contributed by atoms with van der Waals surface area (Å²) in [7, 11) is 0. The summed E-state index contributed by atoms with van der Waals surface area (Å²) in [5.74, 6) is 2.12. The fourth-order valence-electron chi connectivity index (χ4n) is 4.50. The first-order valence-corrected chi connectivity index (χ1v) is 9.72. The maximum atomic E-state index is 12.6. The second kappa shape index (κ2) is 10.3. The minimum Gasteiger partial charge on any atom is -0.426 e. The van der Waals surface area contributed by atoms with E-state index in [-0.39, 0.29) is 35.3 Å². The van der Waals surface area contributed by atoms with E-state index < -0.39 is 11.7 Å². The standard InChI is InChI=1S/C21H27F3O2.2CH4.2H2/c1-14-2-4-15(5-3-14)16-6-8-17(9-7-16)20(25)26-19-12-10-18(11-13-19)21(22,23)24;;;;/h10-17H,2-9H2,1H3;2*1H4;2*1H. The third-order valence-electron chi connectivity index (χ3n) is 6.23. The number of hydrogen-bond donors (Lipinski definition) is 0. The van der Waals surface area contributed by atoms with Crippen molar-refractivity contribution in [2.24, 2.45) is 23.7 Å². The van der Waals surface area contributed by atoms with E-state index in [9.17, 15) is 18.0 Å². The monoisotopic (exact) mass is 404 g/mol. The highest BCUT2D eigenvalue weighted by atomic mass is 19.4. The summed E-state index contributed by atoms with van der Waals surface area (Å²) < 4.78 is 43.0. The fourth-order valence-corrected chi connectivity index (χ4v) is 4.50. The molecule has 1 aromatic rings. The molecule has 2 nitrogen and oxygen atoms in total. The van der Waals surface area contributed by atoms with Gasteiger partial charge in [0.25, 0.3) is 0 Å². The van der Waals surface area contributed by atoms with Gasteiger partial charge in [-0.25, -0.2) is 0 Å². The molecule has 0 aliphatic heterocycles. The van der Waals surface area contributed by atoms with Gasteiger partial charge in [-0.3, -0.25) is 4.79 Å². The zero-order valence-corrected chi connectivity index (χ0v) is 15.2. The summed E-state index contributed by atoms with van der Waals surface area (Å²) >= 11 is 0. The van der Waals surface area contributed by atoms with Crippen LogP contribution in [0.1, 0.15) is 81.6 Å². The number of halogens is 3. The van der Waals surface area contributed by atoms with Gasteiger partial charge in [-0.2, -0.15) is 13.2 Å². The lowest BCUT2D eigenvalue weighted by Crippen LogP contribution is -2.29. The van der Waals surface area contributed by atoms with Crippen LogP contribution in [-0.2, 0) is 11.0 Å². The Bertz CT molecular complexity index is 604. The van der Waals surface area contributed by atoms with Crippen molar-refractivity contribution in [3.63, 3.8) is 0 Å². The summed E-state index contributed by atoms with van der Waals surface area (Å²) in [6.45, 7) is 2.32. The molecule has 0 amide bonds. The van der Waals surface area contributed by atoms with Crippen molar-refractivity contribution in [2.45, 2.75) is 79.3 Å². The number of rotatable bonds is 3. The van der Waals surface area contributed by atoms with Crippen LogP contribution in [0.25, 0.3) is 0 Å². The number of esters is 1. The Hall–Kier alpha value is -1.52. The van der Waals surface area contributed by atoms with Crippen molar-refractivity contribution >= 4 is 5.97 Å². The van der Waals surface area contributed by atoms with Gasteiger partial charge < -0.3 is 4.74 Å². The number of ether oxygens (including phenoxy) is 1. The van der Waals surface area contributed by atoms with Gasteiger partial charge in [0.05, 0.1) is 11.5 Å². The van der Waals surface area contributed by atoms with E-state index in [1.807, 2.05) is 0 Å². The van der Waals surface area contributed by atoms with E-state index in [1.54, 1.807) is 0 Å². The van der Waals surface area contributed by atoms with E-state index >= 15 is 0 Å². The number of carbonyl (C=O) groups is 1. The summed E-state index contributed by atoms with van der Waals surface area (Å²) in [6, 6.07) is 4.33. The van der Waals surface area contributed by atoms with Crippen LogP contribution < -0.4 is 4.74 Å². The predicted molar refractivity (Wildman–Crippen MR) is 111 cm³/mol. The summed E-state index contributed by atoms with van der Waals surface area (Å²) in [4.78, 5) is 12.3. The highest BCUT2D eigenvalue weighted by molar-refractivity contribution is 5.75. The molecule has 3 rings (SSSR count). The lowest BCUT2D eigenvalue weighted by molar-refractivity contribution is -0.140. The molecule has 2 aliphatic carbocycles. The molecule has 0 bridgehead atoms. The van der Waals surface area contributed by atoms with E-state index in [0.29, 0.717) is 0 Å². The molecule has 0 aromatic heterocycles. The highest BCUT2D eigenvalue weighted by Crippen LogP contribution is 2.41. The van der Waals surface area contributed by atoms with Crippen molar-refractivity contribution in [1.82, 2.24) is 0 Å². The Labute approximate surface area is 170 Å². The first kappa shape index (κ1) is 24.5. The second-order valence-electron chi connectivity index (χ2n) is 8.07. The lowest BCUT2D eigenvalue weighted by atomic mass is 9.69. The normalized spacial score (nSPS) is 27.9. The fraction of sp³-hybridized carbons (Fsp3) is 0.696.